The van der Waals surface area contributed by atoms with Crippen molar-refractivity contribution in [1.82, 2.24) is 0 Å². The fraction of sp³-hybridized carbons (Fsp3) is 0.238. The van der Waals surface area contributed by atoms with Crippen molar-refractivity contribution in [3.63, 3.8) is 0 Å². The van der Waals surface area contributed by atoms with Crippen molar-refractivity contribution in [2.45, 2.75) is 19.3 Å². The highest BCUT2D eigenvalue weighted by atomic mass is 14.4. The molecule has 0 heteroatoms. The molecule has 102 valence electrons. The molecular weight excluding hydrogens is 252 g/mol. The van der Waals surface area contributed by atoms with E-state index >= 15 is 0 Å². The molecule has 5 rings (SSSR count). The van der Waals surface area contributed by atoms with Crippen molar-refractivity contribution >= 4 is 12.2 Å². The Hall–Kier alpha value is -2.08. The second-order valence-electron chi connectivity index (χ2n) is 6.70. The number of benzene rings is 1. The van der Waals surface area contributed by atoms with Gasteiger partial charge in [-0.15, -0.1) is 0 Å². The van der Waals surface area contributed by atoms with Gasteiger partial charge < -0.3 is 0 Å². The van der Waals surface area contributed by atoms with E-state index in [1.807, 2.05) is 0 Å². The molecule has 4 aliphatic rings. The van der Waals surface area contributed by atoms with Crippen LogP contribution in [0, 0.1) is 11.8 Å². The van der Waals surface area contributed by atoms with Gasteiger partial charge in [-0.1, -0.05) is 67.7 Å². The van der Waals surface area contributed by atoms with Crippen molar-refractivity contribution in [3.8, 4) is 0 Å². The molecule has 0 spiro atoms. The van der Waals surface area contributed by atoms with Crippen molar-refractivity contribution in [2.75, 3.05) is 0 Å². The first-order chi connectivity index (χ1) is 10.3. The minimum atomic E-state index is 0.531. The third-order valence-electron chi connectivity index (χ3n) is 5.33. The molecule has 0 aromatic heterocycles. The molecule has 21 heavy (non-hydrogen) atoms. The monoisotopic (exact) mass is 270 g/mol. The molecule has 1 aromatic carbocycles. The van der Waals surface area contributed by atoms with Gasteiger partial charge in [0, 0.05) is 11.8 Å². The maximum absolute atomic E-state index is 2.53. The van der Waals surface area contributed by atoms with Crippen LogP contribution in [0.25, 0.3) is 12.2 Å². The molecule has 3 unspecified atom stereocenters. The zero-order valence-corrected chi connectivity index (χ0v) is 12.2. The molecule has 0 saturated heterocycles. The number of hydrogen-bond donors (Lipinski definition) is 0. The predicted octanol–water partition coefficient (Wildman–Crippen LogP) is 5.27. The molecule has 0 radical (unpaired) electrons. The SMILES string of the molecule is CC1C=CC2=C3C=Cc4cccc5c4C3C(C=C5)C=C2C1. The van der Waals surface area contributed by atoms with E-state index in [1.54, 1.807) is 5.57 Å². The van der Waals surface area contributed by atoms with Crippen LogP contribution >= 0.6 is 0 Å². The smallest absolute Gasteiger partial charge is 0.0205 e. The molecule has 0 bridgehead atoms. The lowest BCUT2D eigenvalue weighted by Gasteiger charge is -2.39. The Morgan fingerprint density at radius 2 is 1.81 bits per heavy atom. The van der Waals surface area contributed by atoms with E-state index in [0.717, 1.165) is 0 Å². The average Bonchev–Trinajstić information content (AvgIpc) is 2.51. The highest BCUT2D eigenvalue weighted by Gasteiger charge is 2.36. The van der Waals surface area contributed by atoms with Crippen molar-refractivity contribution in [3.05, 3.63) is 82.0 Å². The zero-order valence-electron chi connectivity index (χ0n) is 12.2. The Labute approximate surface area is 125 Å². The van der Waals surface area contributed by atoms with E-state index in [1.165, 1.54) is 34.3 Å². The van der Waals surface area contributed by atoms with E-state index in [0.29, 0.717) is 17.8 Å². The van der Waals surface area contributed by atoms with Gasteiger partial charge in [-0.3, -0.25) is 0 Å². The second kappa shape index (κ2) is 3.98. The number of hydrogen-bond acceptors (Lipinski definition) is 0. The maximum atomic E-state index is 2.53. The van der Waals surface area contributed by atoms with Crippen LogP contribution in [-0.4, -0.2) is 0 Å². The summed E-state index contributed by atoms with van der Waals surface area (Å²) in [4.78, 5) is 0. The van der Waals surface area contributed by atoms with Gasteiger partial charge in [-0.05, 0) is 45.7 Å². The molecule has 3 atom stereocenters. The second-order valence-corrected chi connectivity index (χ2v) is 6.70. The third-order valence-corrected chi connectivity index (χ3v) is 5.33. The Kier molecular flexibility index (Phi) is 2.19. The van der Waals surface area contributed by atoms with Gasteiger partial charge in [0.25, 0.3) is 0 Å². The van der Waals surface area contributed by atoms with Crippen molar-refractivity contribution < 1.29 is 0 Å². The molecule has 4 aliphatic carbocycles. The van der Waals surface area contributed by atoms with Gasteiger partial charge in [0.2, 0.25) is 0 Å². The standard InChI is InChI=1S/C21H18/c1-13-5-9-18-17(11-13)12-16-7-6-14-3-2-4-15-8-10-19(18)21(16)20(14)15/h2-10,12-13,16,21H,11H2,1H3. The minimum absolute atomic E-state index is 0.531. The molecule has 0 aliphatic heterocycles. The maximum Gasteiger partial charge on any atom is 0.0205 e. The summed E-state index contributed by atoms with van der Waals surface area (Å²) >= 11 is 0. The summed E-state index contributed by atoms with van der Waals surface area (Å²) in [5.74, 6) is 1.74. The van der Waals surface area contributed by atoms with Gasteiger partial charge in [0.15, 0.2) is 0 Å². The third kappa shape index (κ3) is 1.51. The fourth-order valence-electron chi connectivity index (χ4n) is 4.39. The van der Waals surface area contributed by atoms with Crippen LogP contribution in [0.3, 0.4) is 0 Å². The van der Waals surface area contributed by atoms with Crippen LogP contribution in [0.5, 0.6) is 0 Å². The summed E-state index contributed by atoms with van der Waals surface area (Å²) in [7, 11) is 0. The molecule has 0 saturated carbocycles. The first-order valence-corrected chi connectivity index (χ1v) is 7.94. The van der Waals surface area contributed by atoms with Crippen LogP contribution in [0.15, 0.2) is 65.3 Å². The number of fused-ring (bicyclic) bond motifs is 1. The highest BCUT2D eigenvalue weighted by Crippen LogP contribution is 2.51. The summed E-state index contributed by atoms with van der Waals surface area (Å²) in [6.45, 7) is 2.31. The fourth-order valence-corrected chi connectivity index (χ4v) is 4.39. The summed E-state index contributed by atoms with van der Waals surface area (Å²) in [6, 6.07) is 6.68. The lowest BCUT2D eigenvalue weighted by molar-refractivity contribution is 0.624. The van der Waals surface area contributed by atoms with Crippen LogP contribution in [0.1, 0.15) is 36.0 Å². The first-order valence-electron chi connectivity index (χ1n) is 7.94. The van der Waals surface area contributed by atoms with Gasteiger partial charge in [0.05, 0.1) is 0 Å². The first kappa shape index (κ1) is 11.6. The summed E-state index contributed by atoms with van der Waals surface area (Å²) in [6.07, 6.45) is 17.8. The lowest BCUT2D eigenvalue weighted by atomic mass is 9.64. The molecule has 0 nitrogen and oxygen atoms in total. The Morgan fingerprint density at radius 1 is 0.952 bits per heavy atom. The van der Waals surface area contributed by atoms with Crippen LogP contribution in [0.2, 0.25) is 0 Å². The minimum Gasteiger partial charge on any atom is -0.0807 e. The molecule has 0 heterocycles. The highest BCUT2D eigenvalue weighted by molar-refractivity contribution is 5.76. The van der Waals surface area contributed by atoms with Crippen LogP contribution in [-0.2, 0) is 0 Å². The Balaban J connectivity index is 1.81. The van der Waals surface area contributed by atoms with Crippen LogP contribution in [0.4, 0.5) is 0 Å². The lowest BCUT2D eigenvalue weighted by Crippen LogP contribution is -2.24. The van der Waals surface area contributed by atoms with E-state index in [-0.39, 0.29) is 0 Å². The summed E-state index contributed by atoms with van der Waals surface area (Å²) in [5.41, 5.74) is 8.92. The molecule has 0 fully saturated rings. The van der Waals surface area contributed by atoms with Gasteiger partial charge in [0.1, 0.15) is 0 Å². The largest absolute Gasteiger partial charge is 0.0807 e. The Bertz CT molecular complexity index is 795. The van der Waals surface area contributed by atoms with Gasteiger partial charge in [-0.2, -0.15) is 0 Å². The van der Waals surface area contributed by atoms with E-state index in [2.05, 4.69) is 67.7 Å². The zero-order chi connectivity index (χ0) is 14.0. The topological polar surface area (TPSA) is 0 Å². The summed E-state index contributed by atoms with van der Waals surface area (Å²) < 4.78 is 0. The van der Waals surface area contributed by atoms with Gasteiger partial charge in [-0.25, -0.2) is 0 Å². The van der Waals surface area contributed by atoms with E-state index in [9.17, 15) is 0 Å². The molecule has 1 aromatic rings. The predicted molar refractivity (Wildman–Crippen MR) is 88.8 cm³/mol. The Morgan fingerprint density at radius 3 is 2.71 bits per heavy atom. The molecule has 0 amide bonds. The van der Waals surface area contributed by atoms with Gasteiger partial charge >= 0.3 is 0 Å². The van der Waals surface area contributed by atoms with E-state index in [4.69, 9.17) is 0 Å². The summed E-state index contributed by atoms with van der Waals surface area (Å²) in [5, 5.41) is 0. The number of allylic oxidation sites excluding steroid dienone is 8. The van der Waals surface area contributed by atoms with Crippen molar-refractivity contribution in [2.24, 2.45) is 11.8 Å². The quantitative estimate of drug-likeness (QED) is 0.602. The van der Waals surface area contributed by atoms with Crippen LogP contribution < -0.4 is 0 Å². The normalized spacial score (nSPS) is 30.9. The molecular formula is C21H18. The average molecular weight is 270 g/mol. The van der Waals surface area contributed by atoms with E-state index < -0.39 is 0 Å². The molecule has 0 N–H and O–H groups in total. The number of rotatable bonds is 0. The van der Waals surface area contributed by atoms with Crippen molar-refractivity contribution in [1.29, 1.82) is 0 Å².